The maximum absolute atomic E-state index is 9.14. The van der Waals surface area contributed by atoms with Gasteiger partial charge in [-0.15, -0.1) is 0 Å². The molecule has 1 rings (SSSR count). The highest BCUT2D eigenvalue weighted by Crippen LogP contribution is 2.34. The van der Waals surface area contributed by atoms with Crippen molar-refractivity contribution in [2.75, 3.05) is 6.54 Å². The van der Waals surface area contributed by atoms with Crippen LogP contribution in [0.2, 0.25) is 0 Å². The summed E-state index contributed by atoms with van der Waals surface area (Å²) in [5.41, 5.74) is 0.515. The number of rotatable bonds is 4. The maximum atomic E-state index is 9.14. The summed E-state index contributed by atoms with van der Waals surface area (Å²) in [6, 6.07) is 0.678. The lowest BCUT2D eigenvalue weighted by atomic mass is 9.75. The van der Waals surface area contributed by atoms with Gasteiger partial charge in [-0.3, -0.25) is 0 Å². The minimum absolute atomic E-state index is 0.167. The van der Waals surface area contributed by atoms with E-state index >= 15 is 0 Å². The molecule has 0 saturated heterocycles. The average Bonchev–Trinajstić information content (AvgIpc) is 2.01. The minimum atomic E-state index is -0.167. The van der Waals surface area contributed by atoms with Crippen LogP contribution in [-0.2, 0) is 0 Å². The van der Waals surface area contributed by atoms with Gasteiger partial charge in [-0.25, -0.2) is 0 Å². The van der Waals surface area contributed by atoms with Crippen LogP contribution >= 0.6 is 0 Å². The highest BCUT2D eigenvalue weighted by Gasteiger charge is 2.27. The molecular formula is C12H25NO. The maximum Gasteiger partial charge on any atom is 0.0524 e. The second-order valence-corrected chi connectivity index (χ2v) is 5.55. The molecule has 0 heterocycles. The third-order valence-corrected chi connectivity index (χ3v) is 3.20. The van der Waals surface area contributed by atoms with Gasteiger partial charge in [0.2, 0.25) is 0 Å². The Bertz CT molecular complexity index is 166. The van der Waals surface area contributed by atoms with Crippen LogP contribution in [0.4, 0.5) is 0 Å². The summed E-state index contributed by atoms with van der Waals surface area (Å²) < 4.78 is 0. The van der Waals surface area contributed by atoms with Crippen molar-refractivity contribution >= 4 is 0 Å². The fraction of sp³-hybridized carbons (Fsp3) is 1.00. The molecule has 0 unspecified atom stereocenters. The van der Waals surface area contributed by atoms with Crippen LogP contribution in [0.1, 0.15) is 52.9 Å². The molecule has 1 aliphatic rings. The van der Waals surface area contributed by atoms with E-state index in [1.165, 1.54) is 25.7 Å². The van der Waals surface area contributed by atoms with Crippen LogP contribution in [0.5, 0.6) is 0 Å². The largest absolute Gasteiger partial charge is 0.393 e. The lowest BCUT2D eigenvalue weighted by Gasteiger charge is -2.35. The Balaban J connectivity index is 2.18. The quantitative estimate of drug-likeness (QED) is 0.728. The normalized spacial score (nSPS) is 28.7. The summed E-state index contributed by atoms with van der Waals surface area (Å²) >= 11 is 0. The Labute approximate surface area is 88.1 Å². The van der Waals surface area contributed by atoms with Gasteiger partial charge in [0.25, 0.3) is 0 Å². The molecule has 2 heteroatoms. The zero-order chi connectivity index (χ0) is 10.6. The first kappa shape index (κ1) is 12.0. The molecule has 2 N–H and O–H groups in total. The number of nitrogens with one attached hydrogen (secondary N) is 1. The smallest absolute Gasteiger partial charge is 0.0524 e. The third kappa shape index (κ3) is 4.43. The van der Waals surface area contributed by atoms with Crippen molar-refractivity contribution in [3.8, 4) is 0 Å². The third-order valence-electron chi connectivity index (χ3n) is 3.20. The predicted octanol–water partition coefficient (Wildman–Crippen LogP) is 2.32. The first-order valence-corrected chi connectivity index (χ1v) is 5.91. The van der Waals surface area contributed by atoms with Gasteiger partial charge in [0.05, 0.1) is 6.10 Å². The van der Waals surface area contributed by atoms with Gasteiger partial charge in [-0.2, -0.15) is 0 Å². The lowest BCUT2D eigenvalue weighted by molar-refractivity contribution is 0.169. The van der Waals surface area contributed by atoms with E-state index in [-0.39, 0.29) is 6.10 Å². The number of hydrogen-bond acceptors (Lipinski definition) is 2. The van der Waals surface area contributed by atoms with Gasteiger partial charge < -0.3 is 10.4 Å². The lowest BCUT2D eigenvalue weighted by Crippen LogP contribution is -2.38. The molecule has 84 valence electrons. The van der Waals surface area contributed by atoms with Crippen molar-refractivity contribution in [3.05, 3.63) is 0 Å². The van der Waals surface area contributed by atoms with Crippen molar-refractivity contribution in [2.24, 2.45) is 5.41 Å². The van der Waals surface area contributed by atoms with E-state index in [1.54, 1.807) is 0 Å². The van der Waals surface area contributed by atoms with Crippen molar-refractivity contribution in [2.45, 2.75) is 65.0 Å². The molecule has 14 heavy (non-hydrogen) atoms. The number of hydrogen-bond donors (Lipinski definition) is 2. The average molecular weight is 199 g/mol. The molecule has 2 nitrogen and oxygen atoms in total. The Hall–Kier alpha value is -0.0800. The molecule has 0 bridgehead atoms. The van der Waals surface area contributed by atoms with Crippen LogP contribution in [0.3, 0.4) is 0 Å². The molecule has 0 aliphatic heterocycles. The number of aliphatic hydroxyl groups excluding tert-OH is 1. The van der Waals surface area contributed by atoms with Crippen LogP contribution in [0.15, 0.2) is 0 Å². The second-order valence-electron chi connectivity index (χ2n) is 5.55. The summed E-state index contributed by atoms with van der Waals surface area (Å²) in [4.78, 5) is 0. The SMILES string of the molecule is C[C@H](O)CCN[C@@H]1CCCC(C)(C)C1. The molecule has 2 atom stereocenters. The van der Waals surface area contributed by atoms with Gasteiger partial charge in [0.1, 0.15) is 0 Å². The standard InChI is InChI=1S/C12H25NO/c1-10(14)6-8-13-11-5-4-7-12(2,3)9-11/h10-11,13-14H,4-9H2,1-3H3/t10-,11+/m0/s1. The van der Waals surface area contributed by atoms with Crippen LogP contribution in [0.25, 0.3) is 0 Å². The Morgan fingerprint density at radius 1 is 1.50 bits per heavy atom. The minimum Gasteiger partial charge on any atom is -0.393 e. The molecule has 1 fully saturated rings. The Morgan fingerprint density at radius 2 is 2.21 bits per heavy atom. The number of aliphatic hydroxyl groups is 1. The van der Waals surface area contributed by atoms with Gasteiger partial charge in [-0.05, 0) is 44.6 Å². The first-order valence-electron chi connectivity index (χ1n) is 5.91. The fourth-order valence-corrected chi connectivity index (χ4v) is 2.37. The molecule has 0 aromatic carbocycles. The molecule has 0 aromatic rings. The molecule has 1 aliphatic carbocycles. The monoisotopic (exact) mass is 199 g/mol. The van der Waals surface area contributed by atoms with E-state index in [0.29, 0.717) is 11.5 Å². The summed E-state index contributed by atoms with van der Waals surface area (Å²) in [5.74, 6) is 0. The van der Waals surface area contributed by atoms with Crippen LogP contribution in [0, 0.1) is 5.41 Å². The fourth-order valence-electron chi connectivity index (χ4n) is 2.37. The van der Waals surface area contributed by atoms with Gasteiger partial charge in [0, 0.05) is 6.04 Å². The predicted molar refractivity (Wildman–Crippen MR) is 60.3 cm³/mol. The van der Waals surface area contributed by atoms with Crippen molar-refractivity contribution in [1.29, 1.82) is 0 Å². The topological polar surface area (TPSA) is 32.3 Å². The first-order chi connectivity index (χ1) is 6.49. The summed E-state index contributed by atoms with van der Waals surface area (Å²) in [5, 5.41) is 12.7. The molecule has 0 amide bonds. The van der Waals surface area contributed by atoms with E-state index in [9.17, 15) is 0 Å². The van der Waals surface area contributed by atoms with E-state index in [2.05, 4.69) is 19.2 Å². The zero-order valence-electron chi connectivity index (χ0n) is 9.84. The van der Waals surface area contributed by atoms with Crippen molar-refractivity contribution < 1.29 is 5.11 Å². The molecule has 0 radical (unpaired) electrons. The Morgan fingerprint density at radius 3 is 2.79 bits per heavy atom. The van der Waals surface area contributed by atoms with E-state index in [0.717, 1.165) is 13.0 Å². The summed E-state index contributed by atoms with van der Waals surface area (Å²) in [6.07, 6.45) is 6.01. The molecule has 1 saturated carbocycles. The van der Waals surface area contributed by atoms with E-state index in [4.69, 9.17) is 5.11 Å². The van der Waals surface area contributed by atoms with E-state index < -0.39 is 0 Å². The molecular weight excluding hydrogens is 174 g/mol. The van der Waals surface area contributed by atoms with E-state index in [1.807, 2.05) is 6.92 Å². The van der Waals surface area contributed by atoms with Crippen molar-refractivity contribution in [1.82, 2.24) is 5.32 Å². The van der Waals surface area contributed by atoms with Gasteiger partial charge >= 0.3 is 0 Å². The molecule has 0 aromatic heterocycles. The van der Waals surface area contributed by atoms with Gasteiger partial charge in [0.15, 0.2) is 0 Å². The summed E-state index contributed by atoms with van der Waals surface area (Å²) in [7, 11) is 0. The van der Waals surface area contributed by atoms with Crippen molar-refractivity contribution in [3.63, 3.8) is 0 Å². The summed E-state index contributed by atoms with van der Waals surface area (Å²) in [6.45, 7) is 7.52. The Kier molecular flexibility index (Phi) is 4.39. The molecule has 0 spiro atoms. The van der Waals surface area contributed by atoms with Crippen LogP contribution in [-0.4, -0.2) is 23.8 Å². The highest BCUT2D eigenvalue weighted by atomic mass is 16.3. The van der Waals surface area contributed by atoms with Gasteiger partial charge in [-0.1, -0.05) is 20.3 Å². The highest BCUT2D eigenvalue weighted by molar-refractivity contribution is 4.83. The van der Waals surface area contributed by atoms with Crippen LogP contribution < -0.4 is 5.32 Å². The second kappa shape index (κ2) is 5.13. The zero-order valence-corrected chi connectivity index (χ0v) is 9.84.